The van der Waals surface area contributed by atoms with Crippen LogP contribution in [0, 0.1) is 6.92 Å². The van der Waals surface area contributed by atoms with Gasteiger partial charge in [0.25, 0.3) is 0 Å². The minimum atomic E-state index is -0.780. The van der Waals surface area contributed by atoms with Crippen molar-refractivity contribution >= 4 is 11.7 Å². The Morgan fingerprint density at radius 3 is 2.53 bits per heavy atom. The molecule has 1 rings (SSSR count). The first-order chi connectivity index (χ1) is 8.13. The molecule has 0 aliphatic rings. The van der Waals surface area contributed by atoms with Gasteiger partial charge in [-0.15, -0.1) is 0 Å². The SMILES string of the molecule is CC/C=C(/NCCC(=O)O)c1ccc(C)cc1. The molecular weight excluding hydrogens is 214 g/mol. The van der Waals surface area contributed by atoms with E-state index >= 15 is 0 Å². The highest BCUT2D eigenvalue weighted by Gasteiger charge is 2.01. The van der Waals surface area contributed by atoms with Crippen LogP contribution in [-0.4, -0.2) is 17.6 Å². The summed E-state index contributed by atoms with van der Waals surface area (Å²) in [5.41, 5.74) is 3.33. The molecule has 0 atom stereocenters. The number of benzene rings is 1. The van der Waals surface area contributed by atoms with Crippen LogP contribution in [0.4, 0.5) is 0 Å². The summed E-state index contributed by atoms with van der Waals surface area (Å²) in [7, 11) is 0. The number of nitrogens with one attached hydrogen (secondary N) is 1. The zero-order chi connectivity index (χ0) is 12.7. The highest BCUT2D eigenvalue weighted by Crippen LogP contribution is 2.13. The lowest BCUT2D eigenvalue weighted by molar-refractivity contribution is -0.136. The third-order valence-electron chi connectivity index (χ3n) is 2.43. The molecule has 0 saturated carbocycles. The van der Waals surface area contributed by atoms with E-state index in [1.165, 1.54) is 5.56 Å². The zero-order valence-electron chi connectivity index (χ0n) is 10.4. The van der Waals surface area contributed by atoms with Gasteiger partial charge in [0.1, 0.15) is 0 Å². The van der Waals surface area contributed by atoms with E-state index in [1.54, 1.807) is 0 Å². The van der Waals surface area contributed by atoms with Crippen molar-refractivity contribution in [3.8, 4) is 0 Å². The second kappa shape index (κ2) is 6.74. The molecule has 17 heavy (non-hydrogen) atoms. The van der Waals surface area contributed by atoms with Crippen molar-refractivity contribution in [3.05, 3.63) is 41.5 Å². The van der Waals surface area contributed by atoms with E-state index in [0.29, 0.717) is 6.54 Å². The van der Waals surface area contributed by atoms with Crippen molar-refractivity contribution in [3.63, 3.8) is 0 Å². The molecule has 0 aliphatic carbocycles. The van der Waals surface area contributed by atoms with E-state index in [9.17, 15) is 4.79 Å². The molecule has 0 spiro atoms. The Balaban J connectivity index is 2.69. The van der Waals surface area contributed by atoms with E-state index in [1.807, 2.05) is 19.1 Å². The summed E-state index contributed by atoms with van der Waals surface area (Å²) in [5.74, 6) is -0.780. The van der Waals surface area contributed by atoms with Crippen molar-refractivity contribution < 1.29 is 9.90 Å². The van der Waals surface area contributed by atoms with Crippen LogP contribution in [0.2, 0.25) is 0 Å². The van der Waals surface area contributed by atoms with Crippen LogP contribution in [0.3, 0.4) is 0 Å². The van der Waals surface area contributed by atoms with Gasteiger partial charge in [0, 0.05) is 12.2 Å². The van der Waals surface area contributed by atoms with Gasteiger partial charge in [-0.25, -0.2) is 0 Å². The Hall–Kier alpha value is -1.77. The average Bonchev–Trinajstić information content (AvgIpc) is 2.29. The number of hydrogen-bond acceptors (Lipinski definition) is 2. The lowest BCUT2D eigenvalue weighted by atomic mass is 10.1. The topological polar surface area (TPSA) is 49.3 Å². The van der Waals surface area contributed by atoms with Gasteiger partial charge in [-0.2, -0.15) is 0 Å². The first-order valence-electron chi connectivity index (χ1n) is 5.86. The van der Waals surface area contributed by atoms with Crippen molar-refractivity contribution in [1.82, 2.24) is 5.32 Å². The van der Waals surface area contributed by atoms with Crippen LogP contribution in [0.1, 0.15) is 30.9 Å². The molecule has 1 aromatic rings. The van der Waals surface area contributed by atoms with Crippen LogP contribution in [0.15, 0.2) is 30.3 Å². The Labute approximate surface area is 102 Å². The monoisotopic (exact) mass is 233 g/mol. The van der Waals surface area contributed by atoms with E-state index in [2.05, 4.69) is 30.4 Å². The third-order valence-corrected chi connectivity index (χ3v) is 2.43. The van der Waals surface area contributed by atoms with Gasteiger partial charge in [0.2, 0.25) is 0 Å². The summed E-state index contributed by atoms with van der Waals surface area (Å²) < 4.78 is 0. The molecule has 3 heteroatoms. The Kier molecular flexibility index (Phi) is 5.27. The maximum Gasteiger partial charge on any atom is 0.305 e. The maximum absolute atomic E-state index is 10.5. The highest BCUT2D eigenvalue weighted by molar-refractivity contribution is 5.68. The second-order valence-electron chi connectivity index (χ2n) is 3.96. The molecule has 2 N–H and O–H groups in total. The summed E-state index contributed by atoms with van der Waals surface area (Å²) in [6.45, 7) is 4.56. The second-order valence-corrected chi connectivity index (χ2v) is 3.96. The lowest BCUT2D eigenvalue weighted by Gasteiger charge is -2.10. The van der Waals surface area contributed by atoms with Gasteiger partial charge >= 0.3 is 5.97 Å². The fraction of sp³-hybridized carbons (Fsp3) is 0.357. The molecule has 0 heterocycles. The molecule has 0 aliphatic heterocycles. The summed E-state index contributed by atoms with van der Waals surface area (Å²) >= 11 is 0. The molecule has 0 aromatic heterocycles. The molecule has 0 fully saturated rings. The van der Waals surface area contributed by atoms with Crippen LogP contribution < -0.4 is 5.32 Å². The van der Waals surface area contributed by atoms with Crippen LogP contribution in [0.5, 0.6) is 0 Å². The fourth-order valence-corrected chi connectivity index (χ4v) is 1.53. The van der Waals surface area contributed by atoms with Crippen molar-refractivity contribution in [2.45, 2.75) is 26.7 Å². The molecule has 0 amide bonds. The minimum absolute atomic E-state index is 0.132. The number of hydrogen-bond donors (Lipinski definition) is 2. The largest absolute Gasteiger partial charge is 0.481 e. The first kappa shape index (κ1) is 13.3. The smallest absolute Gasteiger partial charge is 0.305 e. The van der Waals surface area contributed by atoms with E-state index in [4.69, 9.17) is 5.11 Å². The first-order valence-corrected chi connectivity index (χ1v) is 5.86. The predicted octanol–water partition coefficient (Wildman–Crippen LogP) is 2.81. The summed E-state index contributed by atoms with van der Waals surface area (Å²) in [6, 6.07) is 8.20. The Bertz CT molecular complexity index is 393. The summed E-state index contributed by atoms with van der Waals surface area (Å²) in [5, 5.41) is 11.8. The quantitative estimate of drug-likeness (QED) is 0.794. The number of carboxylic acids is 1. The van der Waals surface area contributed by atoms with Crippen molar-refractivity contribution in [1.29, 1.82) is 0 Å². The van der Waals surface area contributed by atoms with Crippen LogP contribution >= 0.6 is 0 Å². The number of carboxylic acid groups (broad SMARTS) is 1. The van der Waals surface area contributed by atoms with E-state index < -0.39 is 5.97 Å². The summed E-state index contributed by atoms with van der Waals surface area (Å²) in [4.78, 5) is 10.5. The van der Waals surface area contributed by atoms with Crippen molar-refractivity contribution in [2.24, 2.45) is 0 Å². The molecule has 0 unspecified atom stereocenters. The van der Waals surface area contributed by atoms with Gasteiger partial charge in [-0.3, -0.25) is 4.79 Å². The Morgan fingerprint density at radius 2 is 2.00 bits per heavy atom. The van der Waals surface area contributed by atoms with Crippen LogP contribution in [-0.2, 0) is 4.79 Å². The normalized spacial score (nSPS) is 11.3. The highest BCUT2D eigenvalue weighted by atomic mass is 16.4. The van der Waals surface area contributed by atoms with Gasteiger partial charge in [-0.05, 0) is 18.9 Å². The fourth-order valence-electron chi connectivity index (χ4n) is 1.53. The number of carbonyl (C=O) groups is 1. The number of rotatable bonds is 6. The maximum atomic E-state index is 10.5. The molecular formula is C14H19NO2. The third kappa shape index (κ3) is 4.72. The minimum Gasteiger partial charge on any atom is -0.481 e. The van der Waals surface area contributed by atoms with Gasteiger partial charge in [0.05, 0.1) is 6.42 Å². The van der Waals surface area contributed by atoms with Gasteiger partial charge in [-0.1, -0.05) is 42.8 Å². The molecule has 0 radical (unpaired) electrons. The molecule has 0 saturated heterocycles. The number of aliphatic carboxylic acids is 1. The summed E-state index contributed by atoms with van der Waals surface area (Å²) in [6.07, 6.45) is 3.13. The molecule has 3 nitrogen and oxygen atoms in total. The predicted molar refractivity (Wildman–Crippen MR) is 69.7 cm³/mol. The van der Waals surface area contributed by atoms with Crippen LogP contribution in [0.25, 0.3) is 5.70 Å². The van der Waals surface area contributed by atoms with Gasteiger partial charge < -0.3 is 10.4 Å². The average molecular weight is 233 g/mol. The van der Waals surface area contributed by atoms with Gasteiger partial charge in [0.15, 0.2) is 0 Å². The number of allylic oxidation sites excluding steroid dienone is 1. The standard InChI is InChI=1S/C14H19NO2/c1-3-4-13(15-10-9-14(16)17)12-7-5-11(2)6-8-12/h4-8,15H,3,9-10H2,1-2H3,(H,16,17)/b13-4+. The molecule has 0 bridgehead atoms. The number of aryl methyl sites for hydroxylation is 1. The Morgan fingerprint density at radius 1 is 1.35 bits per heavy atom. The van der Waals surface area contributed by atoms with E-state index in [-0.39, 0.29) is 6.42 Å². The molecule has 1 aromatic carbocycles. The lowest BCUT2D eigenvalue weighted by Crippen LogP contribution is -2.16. The molecule has 92 valence electrons. The zero-order valence-corrected chi connectivity index (χ0v) is 10.4. The van der Waals surface area contributed by atoms with E-state index in [0.717, 1.165) is 17.7 Å². The van der Waals surface area contributed by atoms with Crippen molar-refractivity contribution in [2.75, 3.05) is 6.54 Å².